The Balaban J connectivity index is 2.03. The molecule has 7 heteroatoms. The minimum Gasteiger partial charge on any atom is -0.481 e. The van der Waals surface area contributed by atoms with E-state index in [0.29, 0.717) is 17.8 Å². The number of fused-ring (bicyclic) bond motifs is 1. The Morgan fingerprint density at radius 1 is 1.12 bits per heavy atom. The van der Waals surface area contributed by atoms with Crippen LogP contribution >= 0.6 is 0 Å². The third-order valence-corrected chi connectivity index (χ3v) is 5.96. The Morgan fingerprint density at radius 2 is 1.76 bits per heavy atom. The van der Waals surface area contributed by atoms with Crippen molar-refractivity contribution in [3.05, 3.63) is 78.4 Å². The summed E-state index contributed by atoms with van der Waals surface area (Å²) >= 11 is 0. The van der Waals surface area contributed by atoms with Crippen LogP contribution in [0.5, 0.6) is 0 Å². The average Bonchev–Trinajstić information content (AvgIpc) is 2.92. The van der Waals surface area contributed by atoms with Crippen LogP contribution in [0.2, 0.25) is 0 Å². The van der Waals surface area contributed by atoms with Gasteiger partial charge in [-0.25, -0.2) is 4.99 Å². The predicted octanol–water partition coefficient (Wildman–Crippen LogP) is 3.88. The Hall–Kier alpha value is -3.74. The lowest BCUT2D eigenvalue weighted by Gasteiger charge is -2.26. The third kappa shape index (κ3) is 5.42. The summed E-state index contributed by atoms with van der Waals surface area (Å²) in [5.74, 6) is -3.64. The maximum absolute atomic E-state index is 13.4. The fourth-order valence-electron chi connectivity index (χ4n) is 4.26. The zero-order valence-corrected chi connectivity index (χ0v) is 19.8. The van der Waals surface area contributed by atoms with Gasteiger partial charge in [-0.05, 0) is 24.8 Å². The Labute approximate surface area is 200 Å². The molecular formula is C27H31N3O4. The van der Waals surface area contributed by atoms with Crippen LogP contribution in [0.3, 0.4) is 0 Å². The first-order valence-electron chi connectivity index (χ1n) is 11.4. The number of carbonyl (C=O) groups excluding carboxylic acids is 2. The molecule has 0 saturated heterocycles. The molecule has 0 aromatic heterocycles. The van der Waals surface area contributed by atoms with Crippen LogP contribution in [0.1, 0.15) is 37.8 Å². The normalized spacial score (nSPS) is 17.3. The maximum atomic E-state index is 13.4. The van der Waals surface area contributed by atoms with Gasteiger partial charge in [0.2, 0.25) is 12.1 Å². The minimum atomic E-state index is -1.19. The number of allylic oxidation sites excluding steroid dienone is 1. The van der Waals surface area contributed by atoms with Gasteiger partial charge in [0.05, 0.1) is 23.2 Å². The molecule has 34 heavy (non-hydrogen) atoms. The minimum absolute atomic E-state index is 0.0857. The number of benzodiazepines with no additional fused rings is 1. The fraction of sp³-hybridized carbons (Fsp3) is 0.333. The lowest BCUT2D eigenvalue weighted by molar-refractivity contribution is -0.147. The monoisotopic (exact) mass is 461 g/mol. The van der Waals surface area contributed by atoms with Gasteiger partial charge in [-0.3, -0.25) is 14.4 Å². The largest absolute Gasteiger partial charge is 0.481 e. The third-order valence-electron chi connectivity index (χ3n) is 5.96. The van der Waals surface area contributed by atoms with Crippen molar-refractivity contribution in [1.29, 1.82) is 0 Å². The second-order valence-electron chi connectivity index (χ2n) is 8.87. The number of nitrogens with zero attached hydrogens (tertiary/aromatic N) is 2. The molecule has 3 atom stereocenters. The molecule has 1 aliphatic rings. The van der Waals surface area contributed by atoms with Gasteiger partial charge in [0.1, 0.15) is 0 Å². The molecule has 0 radical (unpaired) electrons. The summed E-state index contributed by atoms with van der Waals surface area (Å²) in [7, 11) is 1.65. The first-order chi connectivity index (χ1) is 16.2. The number of hydrogen-bond acceptors (Lipinski definition) is 4. The zero-order chi connectivity index (χ0) is 24.8. The molecule has 0 bridgehead atoms. The predicted molar refractivity (Wildman–Crippen MR) is 133 cm³/mol. The number of aliphatic imine (C=N–C) groups is 1. The number of anilines is 1. The van der Waals surface area contributed by atoms with E-state index in [2.05, 4.69) is 11.9 Å². The number of para-hydroxylation sites is 1. The maximum Gasteiger partial charge on any atom is 0.307 e. The molecule has 0 fully saturated rings. The molecule has 2 amide bonds. The highest BCUT2D eigenvalue weighted by atomic mass is 16.4. The number of rotatable bonds is 9. The SMILES string of the molecule is C=CC[C@H](C(=O)O)[C@@H](CC(C)C)C(=O)NC1N=C(c2ccccc2)c2ccccc2N(C)C1=O. The summed E-state index contributed by atoms with van der Waals surface area (Å²) < 4.78 is 0. The molecule has 0 spiro atoms. The van der Waals surface area contributed by atoms with Crippen molar-refractivity contribution in [2.45, 2.75) is 32.9 Å². The Bertz CT molecular complexity index is 1090. The van der Waals surface area contributed by atoms with Crippen LogP contribution in [0.25, 0.3) is 0 Å². The van der Waals surface area contributed by atoms with Crippen LogP contribution < -0.4 is 10.2 Å². The number of carboxylic acids is 1. The van der Waals surface area contributed by atoms with Gasteiger partial charge < -0.3 is 15.3 Å². The molecule has 178 valence electrons. The molecular weight excluding hydrogens is 430 g/mol. The van der Waals surface area contributed by atoms with Gasteiger partial charge >= 0.3 is 5.97 Å². The number of hydrogen-bond donors (Lipinski definition) is 2. The van der Waals surface area contributed by atoms with E-state index in [0.717, 1.165) is 11.1 Å². The van der Waals surface area contributed by atoms with Gasteiger partial charge in [0.15, 0.2) is 0 Å². The molecule has 0 aliphatic carbocycles. The number of carbonyl (C=O) groups is 3. The van der Waals surface area contributed by atoms with E-state index in [1.165, 1.54) is 11.0 Å². The van der Waals surface area contributed by atoms with E-state index in [-0.39, 0.29) is 12.3 Å². The zero-order valence-electron chi connectivity index (χ0n) is 19.8. The number of aliphatic carboxylic acids is 1. The molecule has 1 aliphatic heterocycles. The van der Waals surface area contributed by atoms with Crippen molar-refractivity contribution >= 4 is 29.2 Å². The number of likely N-dealkylation sites (N-methyl/N-ethyl adjacent to an activating group) is 1. The van der Waals surface area contributed by atoms with Crippen LogP contribution in [0, 0.1) is 17.8 Å². The highest BCUT2D eigenvalue weighted by molar-refractivity contribution is 6.20. The Morgan fingerprint density at radius 3 is 2.38 bits per heavy atom. The van der Waals surface area contributed by atoms with Crippen LogP contribution in [-0.2, 0) is 14.4 Å². The van der Waals surface area contributed by atoms with Crippen molar-refractivity contribution < 1.29 is 19.5 Å². The summed E-state index contributed by atoms with van der Waals surface area (Å²) in [6.07, 6.45) is 0.838. The molecule has 0 saturated carbocycles. The molecule has 3 rings (SSSR count). The average molecular weight is 462 g/mol. The standard InChI is InChI=1S/C27H31N3O4/c1-5-11-19(27(33)34)21(16-17(2)3)25(31)29-24-26(32)30(4)22-15-10-9-14-20(22)23(28-24)18-12-7-6-8-13-18/h5-10,12-15,17,19,21,24H,1,11,16H2,2-4H3,(H,29,31)(H,33,34)/t19-,21+,24?/m0/s1. The number of benzene rings is 2. The van der Waals surface area contributed by atoms with E-state index in [1.807, 2.05) is 68.4 Å². The number of carboxylic acid groups (broad SMARTS) is 1. The van der Waals surface area contributed by atoms with Crippen molar-refractivity contribution in [2.75, 3.05) is 11.9 Å². The summed E-state index contributed by atoms with van der Waals surface area (Å²) in [5.41, 5.74) is 2.85. The van der Waals surface area contributed by atoms with Crippen LogP contribution in [0.15, 0.2) is 72.2 Å². The van der Waals surface area contributed by atoms with E-state index in [1.54, 1.807) is 7.05 Å². The molecule has 1 heterocycles. The molecule has 1 unspecified atom stereocenters. The summed E-state index contributed by atoms with van der Waals surface area (Å²) in [4.78, 5) is 44.9. The summed E-state index contributed by atoms with van der Waals surface area (Å²) in [5, 5.41) is 12.5. The number of amides is 2. The fourth-order valence-corrected chi connectivity index (χ4v) is 4.26. The lowest BCUT2D eigenvalue weighted by atomic mass is 9.82. The van der Waals surface area contributed by atoms with E-state index >= 15 is 0 Å². The second kappa shape index (κ2) is 10.9. The highest BCUT2D eigenvalue weighted by Gasteiger charge is 2.37. The molecule has 2 N–H and O–H groups in total. The summed E-state index contributed by atoms with van der Waals surface area (Å²) in [6, 6.07) is 16.9. The van der Waals surface area contributed by atoms with E-state index in [9.17, 15) is 19.5 Å². The smallest absolute Gasteiger partial charge is 0.307 e. The molecule has 2 aromatic carbocycles. The molecule has 7 nitrogen and oxygen atoms in total. The summed E-state index contributed by atoms with van der Waals surface area (Å²) in [6.45, 7) is 7.50. The van der Waals surface area contributed by atoms with Crippen molar-refractivity contribution in [3.8, 4) is 0 Å². The quantitative estimate of drug-likeness (QED) is 0.554. The lowest BCUT2D eigenvalue weighted by Crippen LogP contribution is -2.49. The topological polar surface area (TPSA) is 99.1 Å². The van der Waals surface area contributed by atoms with Gasteiger partial charge in [0, 0.05) is 18.2 Å². The van der Waals surface area contributed by atoms with Gasteiger partial charge in [-0.1, -0.05) is 68.5 Å². The first kappa shape index (κ1) is 24.9. The van der Waals surface area contributed by atoms with Gasteiger partial charge in [0.25, 0.3) is 5.91 Å². The number of nitrogens with one attached hydrogen (secondary N) is 1. The molecule has 2 aromatic rings. The van der Waals surface area contributed by atoms with Gasteiger partial charge in [-0.15, -0.1) is 6.58 Å². The van der Waals surface area contributed by atoms with Crippen LogP contribution in [0.4, 0.5) is 5.69 Å². The second-order valence-corrected chi connectivity index (χ2v) is 8.87. The van der Waals surface area contributed by atoms with Crippen molar-refractivity contribution in [1.82, 2.24) is 5.32 Å². The van der Waals surface area contributed by atoms with Crippen molar-refractivity contribution in [2.24, 2.45) is 22.7 Å². The first-order valence-corrected chi connectivity index (χ1v) is 11.4. The Kier molecular flexibility index (Phi) is 7.99. The van der Waals surface area contributed by atoms with Crippen molar-refractivity contribution in [3.63, 3.8) is 0 Å². The van der Waals surface area contributed by atoms with Gasteiger partial charge in [-0.2, -0.15) is 0 Å². The van der Waals surface area contributed by atoms with Crippen LogP contribution in [-0.4, -0.2) is 41.8 Å². The highest BCUT2D eigenvalue weighted by Crippen LogP contribution is 2.28. The van der Waals surface area contributed by atoms with E-state index in [4.69, 9.17) is 4.99 Å². The van der Waals surface area contributed by atoms with E-state index < -0.39 is 35.8 Å².